The van der Waals surface area contributed by atoms with Crippen molar-refractivity contribution in [3.8, 4) is 5.88 Å². The Hall–Kier alpha value is -1.62. The molecule has 5 heteroatoms. The molecular weight excluding hydrogens is 244 g/mol. The van der Waals surface area contributed by atoms with Gasteiger partial charge in [-0.05, 0) is 31.5 Å². The van der Waals surface area contributed by atoms with Crippen molar-refractivity contribution in [2.45, 2.75) is 31.7 Å². The molecule has 1 aromatic rings. The molecule has 0 saturated carbocycles. The molecule has 1 fully saturated rings. The number of likely N-dealkylation sites (tertiary alicyclic amines) is 1. The maximum atomic E-state index is 11.1. The van der Waals surface area contributed by atoms with Crippen LogP contribution in [-0.4, -0.2) is 41.2 Å². The standard InChI is InChI=1S/C14H20N2O3/c1-19-13-6-5-11(10-15-13)12(9-14(17)18)16-7-3-2-4-8-16/h5-6,10,12H,2-4,7-9H2,1H3,(H,17,18). The van der Waals surface area contributed by atoms with Crippen LogP contribution >= 0.6 is 0 Å². The summed E-state index contributed by atoms with van der Waals surface area (Å²) in [6, 6.07) is 3.61. The molecule has 104 valence electrons. The number of hydrogen-bond acceptors (Lipinski definition) is 4. The van der Waals surface area contributed by atoms with E-state index >= 15 is 0 Å². The number of methoxy groups -OCH3 is 1. The highest BCUT2D eigenvalue weighted by atomic mass is 16.5. The van der Waals surface area contributed by atoms with Crippen molar-refractivity contribution < 1.29 is 14.6 Å². The van der Waals surface area contributed by atoms with Gasteiger partial charge in [-0.25, -0.2) is 4.98 Å². The molecule has 2 rings (SSSR count). The molecule has 1 N–H and O–H groups in total. The van der Waals surface area contributed by atoms with Gasteiger partial charge in [-0.15, -0.1) is 0 Å². The van der Waals surface area contributed by atoms with Gasteiger partial charge in [0.05, 0.1) is 13.5 Å². The lowest BCUT2D eigenvalue weighted by molar-refractivity contribution is -0.138. The van der Waals surface area contributed by atoms with Crippen molar-refractivity contribution in [3.05, 3.63) is 23.9 Å². The minimum Gasteiger partial charge on any atom is -0.481 e. The number of carbonyl (C=O) groups is 1. The summed E-state index contributed by atoms with van der Waals surface area (Å²) in [4.78, 5) is 17.5. The molecule has 1 unspecified atom stereocenters. The van der Waals surface area contributed by atoms with E-state index in [4.69, 9.17) is 9.84 Å². The minimum absolute atomic E-state index is 0.0868. The maximum Gasteiger partial charge on any atom is 0.305 e. The number of carboxylic acids is 1. The number of aliphatic carboxylic acids is 1. The Balaban J connectivity index is 2.17. The van der Waals surface area contributed by atoms with E-state index in [-0.39, 0.29) is 12.5 Å². The molecule has 1 atom stereocenters. The number of carboxylic acid groups (broad SMARTS) is 1. The quantitative estimate of drug-likeness (QED) is 0.882. The number of nitrogens with zero attached hydrogens (tertiary/aromatic N) is 2. The molecule has 1 aliphatic heterocycles. The predicted octanol–water partition coefficient (Wildman–Crippen LogP) is 2.09. The van der Waals surface area contributed by atoms with Crippen molar-refractivity contribution >= 4 is 5.97 Å². The first kappa shape index (κ1) is 13.8. The molecule has 19 heavy (non-hydrogen) atoms. The van der Waals surface area contributed by atoms with Gasteiger partial charge in [0.1, 0.15) is 0 Å². The highest BCUT2D eigenvalue weighted by Crippen LogP contribution is 2.27. The van der Waals surface area contributed by atoms with Gasteiger partial charge in [0.15, 0.2) is 0 Å². The molecule has 0 bridgehead atoms. The van der Waals surface area contributed by atoms with Crippen molar-refractivity contribution in [1.82, 2.24) is 9.88 Å². The Labute approximate surface area is 113 Å². The zero-order valence-corrected chi connectivity index (χ0v) is 11.2. The smallest absolute Gasteiger partial charge is 0.305 e. The maximum absolute atomic E-state index is 11.1. The summed E-state index contributed by atoms with van der Waals surface area (Å²) in [5.41, 5.74) is 0.949. The second-order valence-electron chi connectivity index (χ2n) is 4.84. The number of hydrogen-bond donors (Lipinski definition) is 1. The van der Waals surface area contributed by atoms with Crippen molar-refractivity contribution in [3.63, 3.8) is 0 Å². The Kier molecular flexibility index (Phi) is 4.74. The van der Waals surface area contributed by atoms with Crippen molar-refractivity contribution in [2.24, 2.45) is 0 Å². The second kappa shape index (κ2) is 6.52. The van der Waals surface area contributed by atoms with E-state index in [0.29, 0.717) is 5.88 Å². The van der Waals surface area contributed by atoms with Gasteiger partial charge in [-0.1, -0.05) is 12.5 Å². The molecule has 0 amide bonds. The van der Waals surface area contributed by atoms with Crippen LogP contribution in [0, 0.1) is 0 Å². The average molecular weight is 264 g/mol. The number of piperidine rings is 1. The molecule has 0 aliphatic carbocycles. The van der Waals surface area contributed by atoms with Crippen LogP contribution in [0.15, 0.2) is 18.3 Å². The van der Waals surface area contributed by atoms with Crippen molar-refractivity contribution in [1.29, 1.82) is 0 Å². The summed E-state index contributed by atoms with van der Waals surface area (Å²) >= 11 is 0. The topological polar surface area (TPSA) is 62.7 Å². The molecule has 1 aromatic heterocycles. The normalized spacial score (nSPS) is 17.9. The van der Waals surface area contributed by atoms with Crippen LogP contribution in [0.5, 0.6) is 5.88 Å². The number of pyridine rings is 1. The van der Waals surface area contributed by atoms with E-state index in [0.717, 1.165) is 31.5 Å². The van der Waals surface area contributed by atoms with Crippen LogP contribution < -0.4 is 4.74 Å². The lowest BCUT2D eigenvalue weighted by Gasteiger charge is -2.33. The lowest BCUT2D eigenvalue weighted by atomic mass is 10.0. The fourth-order valence-electron chi connectivity index (χ4n) is 2.56. The molecule has 0 spiro atoms. The van der Waals surface area contributed by atoms with E-state index in [9.17, 15) is 4.79 Å². The van der Waals surface area contributed by atoms with Crippen LogP contribution in [-0.2, 0) is 4.79 Å². The molecular formula is C14H20N2O3. The van der Waals surface area contributed by atoms with Gasteiger partial charge in [0, 0.05) is 18.3 Å². The third kappa shape index (κ3) is 3.67. The van der Waals surface area contributed by atoms with Crippen LogP contribution in [0.3, 0.4) is 0 Å². The van der Waals surface area contributed by atoms with Crippen LogP contribution in [0.2, 0.25) is 0 Å². The van der Waals surface area contributed by atoms with E-state index in [1.807, 2.05) is 6.07 Å². The zero-order chi connectivity index (χ0) is 13.7. The average Bonchev–Trinajstić information content (AvgIpc) is 2.46. The highest BCUT2D eigenvalue weighted by molar-refractivity contribution is 5.67. The Morgan fingerprint density at radius 2 is 2.16 bits per heavy atom. The van der Waals surface area contributed by atoms with Crippen LogP contribution in [0.25, 0.3) is 0 Å². The predicted molar refractivity (Wildman–Crippen MR) is 71.2 cm³/mol. The molecule has 0 aromatic carbocycles. The molecule has 1 saturated heterocycles. The first-order valence-electron chi connectivity index (χ1n) is 6.66. The van der Waals surface area contributed by atoms with E-state index in [2.05, 4.69) is 9.88 Å². The van der Waals surface area contributed by atoms with E-state index in [1.165, 1.54) is 6.42 Å². The van der Waals surface area contributed by atoms with Gasteiger partial charge in [0.25, 0.3) is 0 Å². The summed E-state index contributed by atoms with van der Waals surface area (Å²) in [5.74, 6) is -0.220. The largest absolute Gasteiger partial charge is 0.481 e. The van der Waals surface area contributed by atoms with Crippen LogP contribution in [0.1, 0.15) is 37.3 Å². The number of rotatable bonds is 5. The first-order chi connectivity index (χ1) is 9.20. The first-order valence-corrected chi connectivity index (χ1v) is 6.66. The fraction of sp³-hybridized carbons (Fsp3) is 0.571. The molecule has 2 heterocycles. The van der Waals surface area contributed by atoms with Gasteiger partial charge < -0.3 is 9.84 Å². The number of aromatic nitrogens is 1. The monoisotopic (exact) mass is 264 g/mol. The summed E-state index contributed by atoms with van der Waals surface area (Å²) in [7, 11) is 1.57. The van der Waals surface area contributed by atoms with Crippen LogP contribution in [0.4, 0.5) is 0 Å². The molecule has 1 aliphatic rings. The molecule has 5 nitrogen and oxygen atoms in total. The molecule has 0 radical (unpaired) electrons. The third-order valence-electron chi connectivity index (χ3n) is 3.55. The summed E-state index contributed by atoms with van der Waals surface area (Å²) in [6.07, 6.45) is 5.35. The highest BCUT2D eigenvalue weighted by Gasteiger charge is 2.24. The summed E-state index contributed by atoms with van der Waals surface area (Å²) < 4.78 is 5.03. The van der Waals surface area contributed by atoms with Gasteiger partial charge in [-0.3, -0.25) is 9.69 Å². The zero-order valence-electron chi connectivity index (χ0n) is 11.2. The third-order valence-corrected chi connectivity index (χ3v) is 3.55. The van der Waals surface area contributed by atoms with Gasteiger partial charge in [-0.2, -0.15) is 0 Å². The second-order valence-corrected chi connectivity index (χ2v) is 4.84. The Bertz CT molecular complexity index is 413. The van der Waals surface area contributed by atoms with Crippen molar-refractivity contribution in [2.75, 3.05) is 20.2 Å². The minimum atomic E-state index is -0.772. The summed E-state index contributed by atoms with van der Waals surface area (Å²) in [5, 5.41) is 9.10. The number of ether oxygens (including phenoxy) is 1. The SMILES string of the molecule is COc1ccc(C(CC(=O)O)N2CCCCC2)cn1. The Morgan fingerprint density at radius 3 is 2.68 bits per heavy atom. The van der Waals surface area contributed by atoms with E-state index < -0.39 is 5.97 Å². The summed E-state index contributed by atoms with van der Waals surface area (Å²) in [6.45, 7) is 1.92. The van der Waals surface area contributed by atoms with Gasteiger partial charge >= 0.3 is 5.97 Å². The Morgan fingerprint density at radius 1 is 1.42 bits per heavy atom. The fourth-order valence-corrected chi connectivity index (χ4v) is 2.56. The van der Waals surface area contributed by atoms with Gasteiger partial charge in [0.2, 0.25) is 5.88 Å². The lowest BCUT2D eigenvalue weighted by Crippen LogP contribution is -2.35. The van der Waals surface area contributed by atoms with E-state index in [1.54, 1.807) is 19.4 Å².